The van der Waals surface area contributed by atoms with Crippen LogP contribution in [0.2, 0.25) is 0 Å². The van der Waals surface area contributed by atoms with Gasteiger partial charge in [0.25, 0.3) is 6.43 Å². The maximum absolute atomic E-state index is 13.0. The first kappa shape index (κ1) is 22.3. The molecule has 3 rings (SSSR count). The number of ether oxygens (including phenoxy) is 2. The van der Waals surface area contributed by atoms with Crippen molar-refractivity contribution in [1.82, 2.24) is 25.2 Å². The Morgan fingerprint density at radius 3 is 2.48 bits per heavy atom. The van der Waals surface area contributed by atoms with Crippen LogP contribution in [-0.2, 0) is 6.61 Å². The number of aromatic nitrogens is 5. The number of halogens is 5. The number of rotatable bonds is 9. The number of hydrogen-bond acceptors (Lipinski definition) is 7. The summed E-state index contributed by atoms with van der Waals surface area (Å²) < 4.78 is 74.0. The number of benzene rings is 1. The van der Waals surface area contributed by atoms with Crippen LogP contribution in [0.25, 0.3) is 0 Å². The Kier molecular flexibility index (Phi) is 6.95. The summed E-state index contributed by atoms with van der Waals surface area (Å²) >= 11 is 0. The molecule has 0 saturated heterocycles. The maximum Gasteiger partial charge on any atom is 0.422 e. The third-order valence-corrected chi connectivity index (χ3v) is 4.00. The van der Waals surface area contributed by atoms with Gasteiger partial charge in [-0.15, -0.1) is 5.10 Å². The largest absolute Gasteiger partial charge is 0.487 e. The Labute approximate surface area is 172 Å². The van der Waals surface area contributed by atoms with Crippen LogP contribution < -0.4 is 9.47 Å². The lowest BCUT2D eigenvalue weighted by Gasteiger charge is -2.21. The minimum Gasteiger partial charge on any atom is -0.487 e. The van der Waals surface area contributed by atoms with Crippen molar-refractivity contribution in [2.45, 2.75) is 31.4 Å². The van der Waals surface area contributed by atoms with Crippen LogP contribution in [0, 0.1) is 0 Å². The van der Waals surface area contributed by atoms with Gasteiger partial charge in [-0.3, -0.25) is 4.98 Å². The highest BCUT2D eigenvalue weighted by Crippen LogP contribution is 2.25. The second-order valence-corrected chi connectivity index (χ2v) is 6.32. The van der Waals surface area contributed by atoms with Crippen molar-refractivity contribution in [3.05, 3.63) is 60.2 Å². The summed E-state index contributed by atoms with van der Waals surface area (Å²) in [7, 11) is 0. The lowest BCUT2D eigenvalue weighted by molar-refractivity contribution is -0.153. The minimum atomic E-state index is -4.45. The molecule has 0 aliphatic heterocycles. The molecule has 0 saturated carbocycles. The van der Waals surface area contributed by atoms with Gasteiger partial charge in [0.2, 0.25) is 0 Å². The van der Waals surface area contributed by atoms with Crippen LogP contribution in [0.1, 0.15) is 17.3 Å². The molecular weight excluding hydrogens is 429 g/mol. The van der Waals surface area contributed by atoms with Gasteiger partial charge >= 0.3 is 6.18 Å². The monoisotopic (exact) mass is 445 g/mol. The number of hydrogen-bond donors (Lipinski definition) is 1. The summed E-state index contributed by atoms with van der Waals surface area (Å²) in [6.45, 7) is -1.41. The van der Waals surface area contributed by atoms with Gasteiger partial charge < -0.3 is 14.6 Å². The highest BCUT2D eigenvalue weighted by molar-refractivity contribution is 5.29. The maximum atomic E-state index is 13.0. The van der Waals surface area contributed by atoms with Crippen molar-refractivity contribution >= 4 is 0 Å². The highest BCUT2D eigenvalue weighted by atomic mass is 19.4. The van der Waals surface area contributed by atoms with E-state index in [9.17, 15) is 27.1 Å². The Hall–Kier alpha value is -3.35. The summed E-state index contributed by atoms with van der Waals surface area (Å²) in [5.41, 5.74) is 0.624. The molecule has 2 atom stereocenters. The molecular formula is C18H16F5N5O3. The molecule has 0 aliphatic carbocycles. The third kappa shape index (κ3) is 6.31. The predicted molar refractivity (Wildman–Crippen MR) is 94.5 cm³/mol. The summed E-state index contributed by atoms with van der Waals surface area (Å²) in [4.78, 5) is 4.04. The number of nitrogens with zero attached hydrogens (tertiary/aromatic N) is 5. The molecule has 2 heterocycles. The highest BCUT2D eigenvalue weighted by Gasteiger charge is 2.32. The van der Waals surface area contributed by atoms with Gasteiger partial charge in [-0.25, -0.2) is 13.5 Å². The standard InChI is InChI=1S/C18H16F5N5O3/c19-17(20)16(29)15(28-10-25-26-27-28)14-5-4-13(7-24-14)30-8-11-2-1-3-12(6-11)31-9-18(21,22)23/h1-7,10,15-17,29H,8-9H2. The molecule has 8 nitrogen and oxygen atoms in total. The van der Waals surface area contributed by atoms with Crippen molar-refractivity contribution in [1.29, 1.82) is 0 Å². The molecule has 0 fully saturated rings. The first-order chi connectivity index (χ1) is 14.7. The van der Waals surface area contributed by atoms with Crippen LogP contribution in [0.5, 0.6) is 11.5 Å². The van der Waals surface area contributed by atoms with E-state index in [-0.39, 0.29) is 23.8 Å². The van der Waals surface area contributed by atoms with Gasteiger partial charge in [0.15, 0.2) is 6.61 Å². The third-order valence-electron chi connectivity index (χ3n) is 4.00. The molecule has 0 amide bonds. The molecule has 3 aromatic rings. The molecule has 1 N–H and O–H groups in total. The van der Waals surface area contributed by atoms with E-state index in [4.69, 9.17) is 4.74 Å². The van der Waals surface area contributed by atoms with Crippen molar-refractivity contribution in [2.24, 2.45) is 0 Å². The van der Waals surface area contributed by atoms with E-state index in [0.717, 1.165) is 11.0 Å². The molecule has 0 radical (unpaired) electrons. The Bertz CT molecular complexity index is 954. The van der Waals surface area contributed by atoms with E-state index >= 15 is 0 Å². The summed E-state index contributed by atoms with van der Waals surface area (Å²) in [5.74, 6) is 0.310. The van der Waals surface area contributed by atoms with Gasteiger partial charge in [-0.05, 0) is 40.3 Å². The molecule has 0 bridgehead atoms. The summed E-state index contributed by atoms with van der Waals surface area (Å²) in [6.07, 6.45) is -7.26. The lowest BCUT2D eigenvalue weighted by atomic mass is 10.1. The SMILES string of the molecule is OC(C(F)F)C(c1ccc(OCc2cccc(OCC(F)(F)F)c2)cn1)n1cnnn1. The van der Waals surface area contributed by atoms with E-state index in [1.54, 1.807) is 6.07 Å². The first-order valence-corrected chi connectivity index (χ1v) is 8.79. The van der Waals surface area contributed by atoms with Gasteiger partial charge in [-0.2, -0.15) is 13.2 Å². The summed E-state index contributed by atoms with van der Waals surface area (Å²) in [5, 5.41) is 20.1. The fourth-order valence-corrected chi connectivity index (χ4v) is 2.61. The zero-order valence-corrected chi connectivity index (χ0v) is 15.7. The van der Waals surface area contributed by atoms with Gasteiger partial charge in [0.1, 0.15) is 36.6 Å². The van der Waals surface area contributed by atoms with E-state index < -0.39 is 31.4 Å². The lowest BCUT2D eigenvalue weighted by Crippen LogP contribution is -2.32. The van der Waals surface area contributed by atoms with Crippen molar-refractivity contribution in [3.63, 3.8) is 0 Å². The molecule has 0 aliphatic rings. The second kappa shape index (κ2) is 9.64. The number of alkyl halides is 5. The zero-order chi connectivity index (χ0) is 22.4. The first-order valence-electron chi connectivity index (χ1n) is 8.79. The quantitative estimate of drug-likeness (QED) is 0.506. The molecule has 2 unspecified atom stereocenters. The zero-order valence-electron chi connectivity index (χ0n) is 15.7. The minimum absolute atomic E-state index is 0.000326. The van der Waals surface area contributed by atoms with Crippen LogP contribution >= 0.6 is 0 Å². The van der Waals surface area contributed by atoms with Gasteiger partial charge in [-0.1, -0.05) is 12.1 Å². The number of aliphatic hydroxyl groups is 1. The van der Waals surface area contributed by atoms with E-state index in [2.05, 4.69) is 25.2 Å². The molecule has 166 valence electrons. The van der Waals surface area contributed by atoms with Crippen molar-refractivity contribution < 1.29 is 36.5 Å². The molecule has 2 aromatic heterocycles. The second-order valence-electron chi connectivity index (χ2n) is 6.32. The van der Waals surface area contributed by atoms with E-state index in [0.29, 0.717) is 5.56 Å². The van der Waals surface area contributed by atoms with Crippen molar-refractivity contribution in [3.8, 4) is 11.5 Å². The average molecular weight is 445 g/mol. The Morgan fingerprint density at radius 1 is 1.06 bits per heavy atom. The van der Waals surface area contributed by atoms with E-state index in [1.807, 2.05) is 0 Å². The van der Waals surface area contributed by atoms with Crippen LogP contribution in [0.3, 0.4) is 0 Å². The number of aliphatic hydroxyl groups excluding tert-OH is 1. The number of pyridine rings is 1. The van der Waals surface area contributed by atoms with Crippen molar-refractivity contribution in [2.75, 3.05) is 6.61 Å². The number of tetrazole rings is 1. The Balaban J connectivity index is 1.65. The van der Waals surface area contributed by atoms with Gasteiger partial charge in [0, 0.05) is 0 Å². The Morgan fingerprint density at radius 2 is 1.87 bits per heavy atom. The summed E-state index contributed by atoms with van der Waals surface area (Å²) in [6, 6.07) is 7.45. The molecule has 0 spiro atoms. The van der Waals surface area contributed by atoms with Gasteiger partial charge in [0.05, 0.1) is 11.9 Å². The molecule has 31 heavy (non-hydrogen) atoms. The fourth-order valence-electron chi connectivity index (χ4n) is 2.61. The topological polar surface area (TPSA) is 95.2 Å². The average Bonchev–Trinajstić information content (AvgIpc) is 3.26. The predicted octanol–water partition coefficient (Wildman–Crippen LogP) is 2.80. The van der Waals surface area contributed by atoms with Crippen LogP contribution in [0.15, 0.2) is 48.9 Å². The normalized spacial score (nSPS) is 13.8. The molecule has 13 heteroatoms. The fraction of sp³-hybridized carbons (Fsp3) is 0.333. The smallest absolute Gasteiger partial charge is 0.422 e. The van der Waals surface area contributed by atoms with Crippen LogP contribution in [-0.4, -0.2) is 55.6 Å². The van der Waals surface area contributed by atoms with Crippen LogP contribution in [0.4, 0.5) is 22.0 Å². The molecule has 1 aromatic carbocycles. The van der Waals surface area contributed by atoms with E-state index in [1.165, 1.54) is 36.5 Å².